The molecule has 0 radical (unpaired) electrons. The molecule has 0 fully saturated rings. The van der Waals surface area contributed by atoms with Gasteiger partial charge < -0.3 is 4.52 Å². The second-order valence-corrected chi connectivity index (χ2v) is 7.07. The topological polar surface area (TPSA) is 137 Å². The van der Waals surface area contributed by atoms with Crippen molar-refractivity contribution in [1.82, 2.24) is 5.16 Å². The molecule has 0 aliphatic carbocycles. The van der Waals surface area contributed by atoms with E-state index in [-0.39, 0.29) is 16.5 Å². The van der Waals surface area contributed by atoms with Crippen LogP contribution in [-0.4, -0.2) is 25.1 Å². The Balaban J connectivity index is 1.72. The average Bonchev–Trinajstić information content (AvgIpc) is 3.21. The number of carbonyl (C=O) groups excluding carboxylic acids is 1. The largest absolute Gasteiger partial charge is 0.338 e. The molecule has 0 aliphatic rings. The second kappa shape index (κ2) is 8.15. The quantitative estimate of drug-likeness (QED) is 0.356. The van der Waals surface area contributed by atoms with E-state index in [2.05, 4.69) is 20.4 Å². The zero-order chi connectivity index (χ0) is 20.0. The van der Waals surface area contributed by atoms with Crippen molar-refractivity contribution in [3.8, 4) is 6.07 Å². The van der Waals surface area contributed by atoms with E-state index in [4.69, 9.17) is 9.78 Å². The van der Waals surface area contributed by atoms with E-state index in [1.165, 1.54) is 36.5 Å². The molecule has 0 amide bonds. The van der Waals surface area contributed by atoms with Crippen LogP contribution in [-0.2, 0) is 10.0 Å². The number of nitrogens with one attached hydrogen (secondary N) is 2. The summed E-state index contributed by atoms with van der Waals surface area (Å²) in [5.41, 5.74) is 2.98. The maximum absolute atomic E-state index is 12.2. The number of sulfonamides is 1. The summed E-state index contributed by atoms with van der Waals surface area (Å²) < 4.78 is 31.4. The van der Waals surface area contributed by atoms with Crippen LogP contribution >= 0.6 is 0 Å². The number of nitrogens with zero attached hydrogens (tertiary/aromatic N) is 3. The first kappa shape index (κ1) is 18.8. The van der Waals surface area contributed by atoms with Crippen LogP contribution in [0.2, 0.25) is 0 Å². The van der Waals surface area contributed by atoms with Crippen LogP contribution in [0, 0.1) is 11.3 Å². The second-order valence-electron chi connectivity index (χ2n) is 5.39. The molecule has 9 nitrogen and oxygen atoms in total. The Morgan fingerprint density at radius 2 is 1.79 bits per heavy atom. The van der Waals surface area contributed by atoms with Crippen LogP contribution in [0.3, 0.4) is 0 Å². The molecule has 0 aliphatic heterocycles. The van der Waals surface area contributed by atoms with E-state index in [0.717, 1.165) is 0 Å². The van der Waals surface area contributed by atoms with E-state index >= 15 is 0 Å². The predicted octanol–water partition coefficient (Wildman–Crippen LogP) is 2.65. The number of Topliss-reactive ketones (excluding diaryl/α,β-unsaturated/α-hetero) is 1. The first-order chi connectivity index (χ1) is 13.5. The lowest BCUT2D eigenvalue weighted by atomic mass is 10.1. The Kier molecular flexibility index (Phi) is 5.48. The molecule has 3 aromatic rings. The van der Waals surface area contributed by atoms with Gasteiger partial charge in [-0.05, 0) is 24.3 Å². The molecule has 0 saturated heterocycles. The number of rotatable bonds is 7. The van der Waals surface area contributed by atoms with Gasteiger partial charge in [0.15, 0.2) is 0 Å². The van der Waals surface area contributed by atoms with Crippen LogP contribution in [0.1, 0.15) is 10.4 Å². The fourth-order valence-electron chi connectivity index (χ4n) is 2.14. The summed E-state index contributed by atoms with van der Waals surface area (Å²) >= 11 is 0. The normalized spacial score (nSPS) is 11.5. The number of aromatic nitrogens is 1. The highest BCUT2D eigenvalue weighted by Gasteiger charge is 2.16. The van der Waals surface area contributed by atoms with Gasteiger partial charge in [0.2, 0.25) is 17.4 Å². The molecule has 1 heterocycles. The smallest absolute Gasteiger partial charge is 0.264 e. The maximum Gasteiger partial charge on any atom is 0.264 e. The number of hydrogen-bond donors (Lipinski definition) is 2. The molecule has 0 saturated carbocycles. The first-order valence-electron chi connectivity index (χ1n) is 7.87. The van der Waals surface area contributed by atoms with E-state index < -0.39 is 15.8 Å². The predicted molar refractivity (Wildman–Crippen MR) is 101 cm³/mol. The molecule has 28 heavy (non-hydrogen) atoms. The van der Waals surface area contributed by atoms with Crippen LogP contribution < -0.4 is 10.1 Å². The molecule has 2 aromatic carbocycles. The fraction of sp³-hybridized carbons (Fsp3) is 0. The van der Waals surface area contributed by atoms with Gasteiger partial charge in [-0.3, -0.25) is 10.2 Å². The van der Waals surface area contributed by atoms with Crippen molar-refractivity contribution in [2.45, 2.75) is 4.90 Å². The summed E-state index contributed by atoms with van der Waals surface area (Å²) in [5.74, 6) is -0.532. The molecular formula is C18H13N5O4S. The van der Waals surface area contributed by atoms with Crippen molar-refractivity contribution in [2.75, 3.05) is 10.1 Å². The van der Waals surface area contributed by atoms with Crippen molar-refractivity contribution in [1.29, 1.82) is 5.26 Å². The van der Waals surface area contributed by atoms with Gasteiger partial charge in [0.05, 0.1) is 16.8 Å². The summed E-state index contributed by atoms with van der Waals surface area (Å²) in [6.45, 7) is 0. The first-order valence-corrected chi connectivity index (χ1v) is 9.35. The van der Waals surface area contributed by atoms with Crippen LogP contribution in [0.15, 0.2) is 81.4 Å². The number of hydrogen-bond acceptors (Lipinski definition) is 8. The van der Waals surface area contributed by atoms with Crippen molar-refractivity contribution < 1.29 is 17.7 Å². The molecule has 0 atom stereocenters. The third-order valence-electron chi connectivity index (χ3n) is 3.49. The summed E-state index contributed by atoms with van der Waals surface area (Å²) in [5, 5.41) is 16.4. The Morgan fingerprint density at radius 3 is 2.39 bits per heavy atom. The van der Waals surface area contributed by atoms with Crippen molar-refractivity contribution >= 4 is 33.1 Å². The zero-order valence-corrected chi connectivity index (χ0v) is 15.1. The number of hydrazone groups is 1. The Morgan fingerprint density at radius 1 is 1.07 bits per heavy atom. The molecule has 1 aromatic heterocycles. The van der Waals surface area contributed by atoms with E-state index in [0.29, 0.717) is 11.3 Å². The molecule has 3 rings (SSSR count). The Labute approximate surface area is 160 Å². The molecule has 0 spiro atoms. The highest BCUT2D eigenvalue weighted by molar-refractivity contribution is 7.92. The number of carbonyl (C=O) groups is 1. The minimum Gasteiger partial charge on any atom is -0.338 e. The molecule has 10 heteroatoms. The SMILES string of the molecule is N#C/C(=N\Nc1ccc(S(=O)(=O)Nc2ccno2)cc1)C(=O)c1ccccc1. The van der Waals surface area contributed by atoms with Gasteiger partial charge in [-0.25, -0.2) is 13.1 Å². The fourth-order valence-corrected chi connectivity index (χ4v) is 3.12. The standard InChI is InChI=1S/C18H13N5O4S/c19-12-16(18(24)13-4-2-1-3-5-13)22-21-14-6-8-15(9-7-14)28(25,26)23-17-10-11-20-27-17/h1-11,21,23H/b22-16+. The van der Waals surface area contributed by atoms with Gasteiger partial charge in [-0.2, -0.15) is 10.4 Å². The lowest BCUT2D eigenvalue weighted by Gasteiger charge is -2.06. The van der Waals surface area contributed by atoms with E-state index in [1.807, 2.05) is 0 Å². The van der Waals surface area contributed by atoms with Crippen molar-refractivity contribution in [3.63, 3.8) is 0 Å². The molecule has 0 bridgehead atoms. The van der Waals surface area contributed by atoms with Gasteiger partial charge in [-0.15, -0.1) is 0 Å². The van der Waals surface area contributed by atoms with Gasteiger partial charge in [0.25, 0.3) is 10.0 Å². The highest BCUT2D eigenvalue weighted by Crippen LogP contribution is 2.18. The lowest BCUT2D eigenvalue weighted by molar-refractivity contribution is 0.106. The number of anilines is 2. The van der Waals surface area contributed by atoms with Gasteiger partial charge in [-0.1, -0.05) is 35.5 Å². The van der Waals surface area contributed by atoms with Gasteiger partial charge in [0.1, 0.15) is 6.07 Å². The third-order valence-corrected chi connectivity index (χ3v) is 4.85. The van der Waals surface area contributed by atoms with E-state index in [9.17, 15) is 13.2 Å². The average molecular weight is 395 g/mol. The highest BCUT2D eigenvalue weighted by atomic mass is 32.2. The minimum absolute atomic E-state index is 0.00936. The summed E-state index contributed by atoms with van der Waals surface area (Å²) in [6.07, 6.45) is 1.31. The summed E-state index contributed by atoms with van der Waals surface area (Å²) in [4.78, 5) is 12.2. The third kappa shape index (κ3) is 4.40. The monoisotopic (exact) mass is 395 g/mol. The van der Waals surface area contributed by atoms with Crippen LogP contribution in [0.25, 0.3) is 0 Å². The van der Waals surface area contributed by atoms with E-state index in [1.54, 1.807) is 36.4 Å². The summed E-state index contributed by atoms with van der Waals surface area (Å²) in [7, 11) is -3.84. The molecule has 2 N–H and O–H groups in total. The number of ketones is 1. The van der Waals surface area contributed by atoms with Crippen LogP contribution in [0.5, 0.6) is 0 Å². The molecular weight excluding hydrogens is 382 g/mol. The van der Waals surface area contributed by atoms with Crippen molar-refractivity contribution in [3.05, 3.63) is 72.4 Å². The minimum atomic E-state index is -3.84. The number of nitriles is 1. The Hall–Kier alpha value is -3.97. The molecule has 140 valence electrons. The molecule has 0 unspecified atom stereocenters. The van der Waals surface area contributed by atoms with Gasteiger partial charge >= 0.3 is 0 Å². The van der Waals surface area contributed by atoms with Crippen molar-refractivity contribution in [2.24, 2.45) is 5.10 Å². The number of benzene rings is 2. The van der Waals surface area contributed by atoms with Crippen LogP contribution in [0.4, 0.5) is 11.6 Å². The summed E-state index contributed by atoms with van der Waals surface area (Å²) in [6, 6.07) is 17.0. The maximum atomic E-state index is 12.2. The Bertz CT molecular complexity index is 1130. The van der Waals surface area contributed by atoms with Gasteiger partial charge in [0, 0.05) is 11.6 Å². The lowest BCUT2D eigenvalue weighted by Crippen LogP contribution is -2.14. The zero-order valence-electron chi connectivity index (χ0n) is 14.2.